The zero-order chi connectivity index (χ0) is 11.4. The summed E-state index contributed by atoms with van der Waals surface area (Å²) in [4.78, 5) is 10.6. The molecule has 3 nitrogen and oxygen atoms in total. The monoisotopic (exact) mass is 225 g/mol. The van der Waals surface area contributed by atoms with Gasteiger partial charge < -0.3 is 15.3 Å². The molecule has 3 heteroatoms. The van der Waals surface area contributed by atoms with E-state index in [9.17, 15) is 4.79 Å². The summed E-state index contributed by atoms with van der Waals surface area (Å²) in [6, 6.07) is 0.394. The summed E-state index contributed by atoms with van der Waals surface area (Å²) in [5.74, 6) is 0.291. The number of carbonyl (C=O) groups is 1. The van der Waals surface area contributed by atoms with Gasteiger partial charge in [0.1, 0.15) is 6.29 Å². The van der Waals surface area contributed by atoms with E-state index in [0.717, 1.165) is 57.7 Å². The molecule has 0 spiro atoms. The first-order valence-corrected chi connectivity index (χ1v) is 6.64. The van der Waals surface area contributed by atoms with Gasteiger partial charge in [-0.15, -0.1) is 0 Å². The molecule has 2 aliphatic carbocycles. The van der Waals surface area contributed by atoms with E-state index < -0.39 is 0 Å². The van der Waals surface area contributed by atoms with Crippen LogP contribution in [-0.4, -0.2) is 24.5 Å². The molecule has 0 aromatic rings. The molecule has 2 aliphatic rings. The van der Waals surface area contributed by atoms with Gasteiger partial charge in [0.2, 0.25) is 0 Å². The highest BCUT2D eigenvalue weighted by Gasteiger charge is 2.26. The van der Waals surface area contributed by atoms with Crippen LogP contribution >= 0.6 is 0 Å². The van der Waals surface area contributed by atoms with Crippen LogP contribution in [0.2, 0.25) is 0 Å². The number of hydrogen-bond donors (Lipinski definition) is 1. The van der Waals surface area contributed by atoms with Crippen molar-refractivity contribution in [2.45, 2.75) is 69.6 Å². The highest BCUT2D eigenvalue weighted by atomic mass is 16.5. The Labute approximate surface area is 97.7 Å². The molecule has 92 valence electrons. The van der Waals surface area contributed by atoms with Gasteiger partial charge in [-0.2, -0.15) is 0 Å². The zero-order valence-corrected chi connectivity index (χ0v) is 9.94. The molecular formula is C13H23NO2. The van der Waals surface area contributed by atoms with Crippen molar-refractivity contribution >= 4 is 6.29 Å². The minimum atomic E-state index is 0.291. The van der Waals surface area contributed by atoms with Crippen molar-refractivity contribution in [2.75, 3.05) is 0 Å². The van der Waals surface area contributed by atoms with Crippen LogP contribution in [-0.2, 0) is 9.53 Å². The Morgan fingerprint density at radius 2 is 1.38 bits per heavy atom. The molecule has 16 heavy (non-hydrogen) atoms. The maximum absolute atomic E-state index is 10.6. The van der Waals surface area contributed by atoms with Crippen LogP contribution in [0, 0.1) is 5.92 Å². The standard InChI is InChI=1S/C13H23NO2/c14-11-3-7-13(8-4-11)16-12-5-1-10(9-15)2-6-12/h9-13H,1-8,14H2. The van der Waals surface area contributed by atoms with Gasteiger partial charge in [0.15, 0.2) is 0 Å². The Morgan fingerprint density at radius 1 is 0.875 bits per heavy atom. The number of ether oxygens (including phenoxy) is 1. The third-order valence-electron chi connectivity index (χ3n) is 4.02. The fraction of sp³-hybridized carbons (Fsp3) is 0.923. The van der Waals surface area contributed by atoms with Crippen LogP contribution in [0.25, 0.3) is 0 Å². The molecule has 2 saturated carbocycles. The highest BCUT2D eigenvalue weighted by molar-refractivity contribution is 5.53. The van der Waals surface area contributed by atoms with E-state index in [4.69, 9.17) is 10.5 Å². The van der Waals surface area contributed by atoms with Gasteiger partial charge in [-0.1, -0.05) is 0 Å². The second-order valence-corrected chi connectivity index (χ2v) is 5.35. The van der Waals surface area contributed by atoms with E-state index in [1.807, 2.05) is 0 Å². The van der Waals surface area contributed by atoms with Crippen LogP contribution in [0.5, 0.6) is 0 Å². The van der Waals surface area contributed by atoms with Crippen molar-refractivity contribution in [1.82, 2.24) is 0 Å². The molecular weight excluding hydrogens is 202 g/mol. The lowest BCUT2D eigenvalue weighted by molar-refractivity contribution is -0.113. The van der Waals surface area contributed by atoms with Gasteiger partial charge in [0.25, 0.3) is 0 Å². The lowest BCUT2D eigenvalue weighted by Gasteiger charge is -2.32. The normalized spacial score (nSPS) is 40.6. The highest BCUT2D eigenvalue weighted by Crippen LogP contribution is 2.28. The summed E-state index contributed by atoms with van der Waals surface area (Å²) in [6.07, 6.45) is 10.5. The van der Waals surface area contributed by atoms with E-state index in [1.54, 1.807) is 0 Å². The largest absolute Gasteiger partial charge is 0.375 e. The van der Waals surface area contributed by atoms with Crippen molar-refractivity contribution in [3.8, 4) is 0 Å². The molecule has 0 bridgehead atoms. The van der Waals surface area contributed by atoms with Crippen LogP contribution in [0.15, 0.2) is 0 Å². The van der Waals surface area contributed by atoms with Crippen molar-refractivity contribution in [1.29, 1.82) is 0 Å². The SMILES string of the molecule is NC1CCC(OC2CCC(C=O)CC2)CC1. The van der Waals surface area contributed by atoms with Crippen LogP contribution < -0.4 is 5.73 Å². The Morgan fingerprint density at radius 3 is 1.88 bits per heavy atom. The number of hydrogen-bond acceptors (Lipinski definition) is 3. The summed E-state index contributed by atoms with van der Waals surface area (Å²) in [5, 5.41) is 0. The van der Waals surface area contributed by atoms with Gasteiger partial charge in [-0.25, -0.2) is 0 Å². The summed E-state index contributed by atoms with van der Waals surface area (Å²) in [7, 11) is 0. The van der Waals surface area contributed by atoms with Crippen LogP contribution in [0.3, 0.4) is 0 Å². The molecule has 0 aromatic heterocycles. The van der Waals surface area contributed by atoms with E-state index in [0.29, 0.717) is 24.2 Å². The maximum Gasteiger partial charge on any atom is 0.123 e. The van der Waals surface area contributed by atoms with Crippen LogP contribution in [0.4, 0.5) is 0 Å². The molecule has 2 rings (SSSR count). The number of aldehydes is 1. The summed E-state index contributed by atoms with van der Waals surface area (Å²) < 4.78 is 6.10. The molecule has 0 saturated heterocycles. The molecule has 2 N–H and O–H groups in total. The van der Waals surface area contributed by atoms with Gasteiger partial charge in [-0.3, -0.25) is 0 Å². The quantitative estimate of drug-likeness (QED) is 0.748. The topological polar surface area (TPSA) is 52.3 Å². The van der Waals surface area contributed by atoms with Crippen LogP contribution in [0.1, 0.15) is 51.4 Å². The molecule has 0 atom stereocenters. The predicted molar refractivity (Wildman–Crippen MR) is 63.1 cm³/mol. The summed E-state index contributed by atoms with van der Waals surface area (Å²) in [5.41, 5.74) is 5.87. The van der Waals surface area contributed by atoms with Crippen molar-refractivity contribution in [2.24, 2.45) is 11.7 Å². The first kappa shape index (κ1) is 12.1. The summed E-state index contributed by atoms with van der Waals surface area (Å²) in [6.45, 7) is 0. The molecule has 0 amide bonds. The number of carbonyl (C=O) groups excluding carboxylic acids is 1. The van der Waals surface area contributed by atoms with Gasteiger partial charge >= 0.3 is 0 Å². The van der Waals surface area contributed by atoms with E-state index in [2.05, 4.69) is 0 Å². The predicted octanol–water partition coefficient (Wildman–Crippen LogP) is 2.03. The first-order valence-electron chi connectivity index (χ1n) is 6.64. The van der Waals surface area contributed by atoms with Gasteiger partial charge in [-0.05, 0) is 51.4 Å². The number of rotatable bonds is 3. The Bertz CT molecular complexity index is 216. The minimum Gasteiger partial charge on any atom is -0.375 e. The third-order valence-corrected chi connectivity index (χ3v) is 4.02. The summed E-state index contributed by atoms with van der Waals surface area (Å²) >= 11 is 0. The lowest BCUT2D eigenvalue weighted by atomic mass is 9.87. The minimum absolute atomic E-state index is 0.291. The Hall–Kier alpha value is -0.410. The molecule has 2 fully saturated rings. The second-order valence-electron chi connectivity index (χ2n) is 5.35. The zero-order valence-electron chi connectivity index (χ0n) is 9.94. The molecule has 0 unspecified atom stereocenters. The van der Waals surface area contributed by atoms with Crippen molar-refractivity contribution in [3.05, 3.63) is 0 Å². The van der Waals surface area contributed by atoms with E-state index >= 15 is 0 Å². The van der Waals surface area contributed by atoms with Crippen molar-refractivity contribution < 1.29 is 9.53 Å². The second kappa shape index (κ2) is 5.78. The molecule has 0 aromatic carbocycles. The molecule has 0 heterocycles. The fourth-order valence-corrected chi connectivity index (χ4v) is 2.86. The fourth-order valence-electron chi connectivity index (χ4n) is 2.86. The average molecular weight is 225 g/mol. The lowest BCUT2D eigenvalue weighted by Crippen LogP contribution is -2.33. The first-order chi connectivity index (χ1) is 7.78. The molecule has 0 radical (unpaired) electrons. The van der Waals surface area contributed by atoms with Gasteiger partial charge in [0.05, 0.1) is 12.2 Å². The maximum atomic E-state index is 10.6. The number of nitrogens with two attached hydrogens (primary N) is 1. The van der Waals surface area contributed by atoms with E-state index in [1.165, 1.54) is 0 Å². The smallest absolute Gasteiger partial charge is 0.123 e. The van der Waals surface area contributed by atoms with Gasteiger partial charge in [0, 0.05) is 12.0 Å². The van der Waals surface area contributed by atoms with E-state index in [-0.39, 0.29) is 0 Å². The third kappa shape index (κ3) is 3.29. The molecule has 0 aliphatic heterocycles. The average Bonchev–Trinajstić information content (AvgIpc) is 2.33. The van der Waals surface area contributed by atoms with Crippen molar-refractivity contribution in [3.63, 3.8) is 0 Å². The Kier molecular flexibility index (Phi) is 4.36. The Balaban J connectivity index is 1.68.